The number of nitrogens with zero attached hydrogens (tertiary/aromatic N) is 3. The lowest BCUT2D eigenvalue weighted by Gasteiger charge is -2.18. The quantitative estimate of drug-likeness (QED) is 0.727. The van der Waals surface area contributed by atoms with Crippen molar-refractivity contribution in [1.82, 2.24) is 9.55 Å². The predicted molar refractivity (Wildman–Crippen MR) is 99.1 cm³/mol. The second-order valence-electron chi connectivity index (χ2n) is 5.69. The molecule has 0 unspecified atom stereocenters. The summed E-state index contributed by atoms with van der Waals surface area (Å²) < 4.78 is 2.23. The number of hydrogen-bond acceptors (Lipinski definition) is 2. The highest BCUT2D eigenvalue weighted by atomic mass is 32.1. The molecule has 0 fully saturated rings. The Labute approximate surface area is 140 Å². The molecule has 0 atom stereocenters. The Kier molecular flexibility index (Phi) is 3.50. The first kappa shape index (κ1) is 14.2. The van der Waals surface area contributed by atoms with Crippen molar-refractivity contribution in [2.75, 3.05) is 16.8 Å². The number of imidazole rings is 1. The SMILES string of the molecule is CCc1cccc(NC(=S)N2CCn3c2nc2ccccc23)c1. The molecule has 0 radical (unpaired) electrons. The summed E-state index contributed by atoms with van der Waals surface area (Å²) in [5, 5.41) is 4.05. The molecule has 2 aromatic carbocycles. The number of thiocarbonyl (C=S) groups is 1. The minimum atomic E-state index is 0.701. The zero-order valence-corrected chi connectivity index (χ0v) is 13.8. The lowest BCUT2D eigenvalue weighted by molar-refractivity contribution is 0.829. The van der Waals surface area contributed by atoms with E-state index in [1.165, 1.54) is 11.1 Å². The Balaban J connectivity index is 1.61. The molecule has 1 aliphatic rings. The minimum absolute atomic E-state index is 0.701. The number of benzene rings is 2. The lowest BCUT2D eigenvalue weighted by Crippen LogP contribution is -2.33. The van der Waals surface area contributed by atoms with E-state index in [-0.39, 0.29) is 0 Å². The Hall–Kier alpha value is -2.40. The van der Waals surface area contributed by atoms with Crippen LogP contribution in [0.15, 0.2) is 48.5 Å². The van der Waals surface area contributed by atoms with Crippen LogP contribution in [0, 0.1) is 0 Å². The molecule has 23 heavy (non-hydrogen) atoms. The smallest absolute Gasteiger partial charge is 0.213 e. The van der Waals surface area contributed by atoms with Gasteiger partial charge in [0.25, 0.3) is 0 Å². The number of rotatable bonds is 2. The molecule has 1 aliphatic heterocycles. The van der Waals surface area contributed by atoms with E-state index in [1.54, 1.807) is 0 Å². The number of anilines is 2. The third-order valence-corrected chi connectivity index (χ3v) is 4.58. The molecule has 2 heterocycles. The van der Waals surface area contributed by atoms with Crippen molar-refractivity contribution >= 4 is 40.0 Å². The molecule has 0 bridgehead atoms. The van der Waals surface area contributed by atoms with Crippen molar-refractivity contribution in [2.45, 2.75) is 19.9 Å². The van der Waals surface area contributed by atoms with Crippen molar-refractivity contribution in [2.24, 2.45) is 0 Å². The van der Waals surface area contributed by atoms with Crippen LogP contribution < -0.4 is 10.2 Å². The zero-order valence-electron chi connectivity index (χ0n) is 13.0. The van der Waals surface area contributed by atoms with Gasteiger partial charge in [-0.15, -0.1) is 0 Å². The number of nitrogens with one attached hydrogen (secondary N) is 1. The Bertz CT molecular complexity index is 884. The van der Waals surface area contributed by atoms with Gasteiger partial charge in [0.1, 0.15) is 0 Å². The van der Waals surface area contributed by atoms with Crippen LogP contribution in [0.3, 0.4) is 0 Å². The van der Waals surface area contributed by atoms with Crippen LogP contribution >= 0.6 is 12.2 Å². The first-order valence-corrected chi connectivity index (χ1v) is 8.30. The van der Waals surface area contributed by atoms with Crippen molar-refractivity contribution < 1.29 is 0 Å². The molecule has 5 heteroatoms. The van der Waals surface area contributed by atoms with Crippen LogP contribution in [0.4, 0.5) is 11.6 Å². The Morgan fingerprint density at radius 3 is 2.91 bits per heavy atom. The molecule has 3 aromatic rings. The molecule has 116 valence electrons. The van der Waals surface area contributed by atoms with Crippen LogP contribution in [-0.2, 0) is 13.0 Å². The van der Waals surface area contributed by atoms with E-state index in [0.29, 0.717) is 5.11 Å². The standard InChI is InChI=1S/C18H18N4S/c1-2-13-6-5-7-14(12-13)19-18(23)22-11-10-21-16-9-4-3-8-15(16)20-17(21)22/h3-9,12H,2,10-11H2,1H3,(H,19,23). The largest absolute Gasteiger partial charge is 0.332 e. The van der Waals surface area contributed by atoms with Gasteiger partial charge in [-0.1, -0.05) is 31.2 Å². The summed E-state index contributed by atoms with van der Waals surface area (Å²) in [7, 11) is 0. The second kappa shape index (κ2) is 5.66. The normalized spacial score (nSPS) is 13.3. The molecular weight excluding hydrogens is 304 g/mol. The van der Waals surface area contributed by atoms with Crippen molar-refractivity contribution in [1.29, 1.82) is 0 Å². The Morgan fingerprint density at radius 2 is 2.04 bits per heavy atom. The number of para-hydroxylation sites is 2. The van der Waals surface area contributed by atoms with Gasteiger partial charge in [-0.3, -0.25) is 4.90 Å². The highest BCUT2D eigenvalue weighted by Crippen LogP contribution is 2.27. The molecule has 0 spiro atoms. The molecule has 1 aromatic heterocycles. The third kappa shape index (κ3) is 2.47. The maximum absolute atomic E-state index is 5.62. The van der Waals surface area contributed by atoms with Gasteiger partial charge in [-0.2, -0.15) is 0 Å². The number of hydrogen-bond donors (Lipinski definition) is 1. The monoisotopic (exact) mass is 322 g/mol. The highest BCUT2D eigenvalue weighted by Gasteiger charge is 2.26. The maximum Gasteiger partial charge on any atom is 0.213 e. The second-order valence-corrected chi connectivity index (χ2v) is 6.07. The predicted octanol–water partition coefficient (Wildman–Crippen LogP) is 3.82. The first-order valence-electron chi connectivity index (χ1n) is 7.89. The minimum Gasteiger partial charge on any atom is -0.332 e. The van der Waals surface area contributed by atoms with E-state index < -0.39 is 0 Å². The molecular formula is C18H18N4S. The summed E-state index contributed by atoms with van der Waals surface area (Å²) in [6, 6.07) is 16.6. The van der Waals surface area contributed by atoms with Gasteiger partial charge in [0.15, 0.2) is 5.11 Å². The van der Waals surface area contributed by atoms with Gasteiger partial charge >= 0.3 is 0 Å². The summed E-state index contributed by atoms with van der Waals surface area (Å²) in [5.74, 6) is 0.926. The number of fused-ring (bicyclic) bond motifs is 3. The fourth-order valence-electron chi connectivity index (χ4n) is 3.04. The van der Waals surface area contributed by atoms with E-state index in [1.807, 2.05) is 24.3 Å². The fourth-order valence-corrected chi connectivity index (χ4v) is 3.33. The van der Waals surface area contributed by atoms with Crippen LogP contribution in [-0.4, -0.2) is 21.2 Å². The summed E-state index contributed by atoms with van der Waals surface area (Å²) in [6.07, 6.45) is 1.02. The van der Waals surface area contributed by atoms with Crippen molar-refractivity contribution in [3.8, 4) is 0 Å². The fraction of sp³-hybridized carbons (Fsp3) is 0.222. The van der Waals surface area contributed by atoms with Crippen LogP contribution in [0.5, 0.6) is 0 Å². The van der Waals surface area contributed by atoms with Gasteiger partial charge in [0.05, 0.1) is 11.0 Å². The van der Waals surface area contributed by atoms with Gasteiger partial charge in [0, 0.05) is 18.8 Å². The van der Waals surface area contributed by atoms with Crippen LogP contribution in [0.1, 0.15) is 12.5 Å². The van der Waals surface area contributed by atoms with E-state index in [9.17, 15) is 0 Å². The average Bonchev–Trinajstić information content (AvgIpc) is 3.14. The van der Waals surface area contributed by atoms with Gasteiger partial charge in [0.2, 0.25) is 5.95 Å². The van der Waals surface area contributed by atoms with E-state index >= 15 is 0 Å². The summed E-state index contributed by atoms with van der Waals surface area (Å²) in [4.78, 5) is 6.81. The van der Waals surface area contributed by atoms with Gasteiger partial charge < -0.3 is 9.88 Å². The van der Waals surface area contributed by atoms with E-state index in [2.05, 4.69) is 46.0 Å². The summed E-state index contributed by atoms with van der Waals surface area (Å²) in [5.41, 5.74) is 4.51. The van der Waals surface area contributed by atoms with Crippen molar-refractivity contribution in [3.05, 3.63) is 54.1 Å². The maximum atomic E-state index is 5.62. The highest BCUT2D eigenvalue weighted by molar-refractivity contribution is 7.80. The number of aromatic nitrogens is 2. The topological polar surface area (TPSA) is 33.1 Å². The van der Waals surface area contributed by atoms with Crippen LogP contribution in [0.2, 0.25) is 0 Å². The molecule has 0 saturated carbocycles. The number of aryl methyl sites for hydroxylation is 1. The summed E-state index contributed by atoms with van der Waals surface area (Å²) >= 11 is 5.62. The molecule has 0 saturated heterocycles. The molecule has 1 N–H and O–H groups in total. The average molecular weight is 322 g/mol. The van der Waals surface area contributed by atoms with E-state index in [4.69, 9.17) is 17.2 Å². The molecule has 0 amide bonds. The van der Waals surface area contributed by atoms with Crippen LogP contribution in [0.25, 0.3) is 11.0 Å². The first-order chi connectivity index (χ1) is 11.3. The summed E-state index contributed by atoms with van der Waals surface area (Å²) in [6.45, 7) is 3.92. The Morgan fingerprint density at radius 1 is 1.17 bits per heavy atom. The third-order valence-electron chi connectivity index (χ3n) is 4.25. The molecule has 4 rings (SSSR count). The van der Waals surface area contributed by atoms with Gasteiger partial charge in [-0.05, 0) is 48.5 Å². The zero-order chi connectivity index (χ0) is 15.8. The van der Waals surface area contributed by atoms with Gasteiger partial charge in [-0.25, -0.2) is 4.98 Å². The lowest BCUT2D eigenvalue weighted by atomic mass is 10.1. The molecule has 4 nitrogen and oxygen atoms in total. The molecule has 0 aliphatic carbocycles. The van der Waals surface area contributed by atoms with Crippen molar-refractivity contribution in [3.63, 3.8) is 0 Å². The van der Waals surface area contributed by atoms with E-state index in [0.717, 1.165) is 36.7 Å².